The van der Waals surface area contributed by atoms with E-state index in [9.17, 15) is 0 Å². The highest BCUT2D eigenvalue weighted by atomic mass is 15.6. The van der Waals surface area contributed by atoms with Gasteiger partial charge in [-0.2, -0.15) is 9.13 Å². The minimum atomic E-state index is -0.673. The summed E-state index contributed by atoms with van der Waals surface area (Å²) in [5.41, 5.74) is 25.3. The molecule has 8 aliphatic rings. The van der Waals surface area contributed by atoms with Gasteiger partial charge in [0.25, 0.3) is 0 Å². The van der Waals surface area contributed by atoms with E-state index in [1.165, 1.54) is 88.7 Å². The number of aromatic nitrogens is 6. The Morgan fingerprint density at radius 2 is 0.593 bits per heavy atom. The number of benzene rings is 8. The van der Waals surface area contributed by atoms with Crippen molar-refractivity contribution in [3.63, 3.8) is 0 Å². The molecule has 21 rings (SSSR count). The molecule has 0 saturated heterocycles. The lowest BCUT2D eigenvalue weighted by molar-refractivity contribution is -0.805. The van der Waals surface area contributed by atoms with Crippen LogP contribution in [0.3, 0.4) is 0 Å². The maximum Gasteiger partial charge on any atom is 0.553 e. The lowest BCUT2D eigenvalue weighted by Gasteiger charge is -2.37. The van der Waals surface area contributed by atoms with E-state index in [4.69, 9.17) is 9.97 Å². The van der Waals surface area contributed by atoms with Crippen LogP contribution < -0.4 is 10.7 Å². The van der Waals surface area contributed by atoms with Crippen molar-refractivity contribution in [2.75, 3.05) is 0 Å². The highest BCUT2D eigenvalue weighted by molar-refractivity contribution is 6.27. The number of hydrogen-bond donors (Lipinski definition) is 2. The van der Waals surface area contributed by atoms with Gasteiger partial charge in [-0.05, 0) is 48.5 Å². The van der Waals surface area contributed by atoms with Crippen molar-refractivity contribution in [2.45, 2.75) is 5.91 Å². The third-order valence-electron chi connectivity index (χ3n) is 18.3. The Labute approximate surface area is 461 Å². The van der Waals surface area contributed by atoms with Gasteiger partial charge < -0.3 is 9.97 Å². The molecule has 2 N–H and O–H groups in total. The van der Waals surface area contributed by atoms with E-state index < -0.39 is 5.91 Å². The maximum atomic E-state index is 5.17. The molecule has 0 unspecified atom stereocenters. The van der Waals surface area contributed by atoms with Crippen LogP contribution in [-0.2, 0) is 5.91 Å². The zero-order valence-electron chi connectivity index (χ0n) is 43.3. The van der Waals surface area contributed by atoms with Crippen LogP contribution in [0.1, 0.15) is 33.6 Å². The normalized spacial score (nSPS) is 15.3. The van der Waals surface area contributed by atoms with E-state index in [0.29, 0.717) is 0 Å². The first kappa shape index (κ1) is 42.1. The van der Waals surface area contributed by atoms with Crippen molar-refractivity contribution in [1.82, 2.24) is 29.1 Å². The van der Waals surface area contributed by atoms with Gasteiger partial charge in [0.05, 0.1) is 67.1 Å². The second-order valence-electron chi connectivity index (χ2n) is 22.2. The second-order valence-corrected chi connectivity index (χ2v) is 22.2. The van der Waals surface area contributed by atoms with Crippen molar-refractivity contribution in [1.29, 1.82) is 0 Å². The minimum Gasteiger partial charge on any atom is -0.354 e. The van der Waals surface area contributed by atoms with Crippen molar-refractivity contribution in [3.8, 4) is 45.0 Å². The second kappa shape index (κ2) is 14.8. The molecular weight excluding hydrogens is 989 g/mol. The molecule has 0 aliphatic carbocycles. The van der Waals surface area contributed by atoms with Gasteiger partial charge in [-0.15, -0.1) is 0 Å². The summed E-state index contributed by atoms with van der Waals surface area (Å²) in [5.74, 6) is -0.673. The van der Waals surface area contributed by atoms with E-state index in [1.807, 2.05) is 0 Å². The van der Waals surface area contributed by atoms with Crippen LogP contribution in [0, 0.1) is 0 Å². The first-order valence-electron chi connectivity index (χ1n) is 27.8. The Balaban J connectivity index is 0.000000118. The van der Waals surface area contributed by atoms with E-state index in [-0.39, 0.29) is 0 Å². The number of nitrogens with zero attached hydrogens (tertiary/aromatic N) is 6. The molecular formula is C73H42N8+2. The molecule has 8 bridgehead atoms. The van der Waals surface area contributed by atoms with Crippen LogP contribution in [0.4, 0.5) is 0 Å². The lowest BCUT2D eigenvalue weighted by atomic mass is 10.0. The summed E-state index contributed by atoms with van der Waals surface area (Å²) < 4.78 is 10.5. The number of H-pyrrole nitrogens is 2. The molecule has 8 aromatic carbocycles. The Kier molecular flexibility index (Phi) is 7.69. The van der Waals surface area contributed by atoms with Gasteiger partial charge in [-0.3, -0.25) is 0 Å². The first-order valence-corrected chi connectivity index (χ1v) is 27.8. The molecule has 5 aromatic heterocycles. The lowest BCUT2D eigenvalue weighted by Crippen LogP contribution is -2.69. The third kappa shape index (κ3) is 5.17. The average Bonchev–Trinajstić information content (AvgIpc) is 3.41. The topological polar surface area (TPSA) is 73.2 Å². The Bertz CT molecular complexity index is 5170. The van der Waals surface area contributed by atoms with Crippen LogP contribution in [0.2, 0.25) is 0 Å². The number of aromatic amines is 2. The average molecular weight is 1030 g/mol. The molecule has 81 heavy (non-hydrogen) atoms. The zero-order valence-corrected chi connectivity index (χ0v) is 43.3. The molecule has 1 spiro atoms. The highest BCUT2D eigenvalue weighted by Gasteiger charge is 2.72. The molecule has 8 nitrogen and oxygen atoms in total. The maximum absolute atomic E-state index is 5.17. The molecule has 13 heterocycles. The van der Waals surface area contributed by atoms with Crippen molar-refractivity contribution < 1.29 is 9.15 Å². The minimum absolute atomic E-state index is 0.673. The summed E-state index contributed by atoms with van der Waals surface area (Å²) in [5, 5.41) is 12.4. The number of nitrogens with one attached hydrogen (secondary N) is 2. The number of hydrogen-bond acceptors (Lipinski definition) is 2. The van der Waals surface area contributed by atoms with Gasteiger partial charge in [0, 0.05) is 112 Å². The Morgan fingerprint density at radius 3 is 0.951 bits per heavy atom. The van der Waals surface area contributed by atoms with Crippen LogP contribution >= 0.6 is 0 Å². The molecule has 8 aliphatic heterocycles. The van der Waals surface area contributed by atoms with Gasteiger partial charge in [0.15, 0.2) is 0 Å². The smallest absolute Gasteiger partial charge is 0.354 e. The van der Waals surface area contributed by atoms with Gasteiger partial charge in [0.1, 0.15) is 0 Å². The summed E-state index contributed by atoms with van der Waals surface area (Å²) in [6.07, 6.45) is 9.74. The fourth-order valence-corrected chi connectivity index (χ4v) is 15.0. The van der Waals surface area contributed by atoms with Crippen LogP contribution in [0.15, 0.2) is 218 Å². The molecule has 0 fully saturated rings. The molecule has 0 atom stereocenters. The third-order valence-corrected chi connectivity index (χ3v) is 18.3. The first-order chi connectivity index (χ1) is 40.2. The van der Waals surface area contributed by atoms with Gasteiger partial charge >= 0.3 is 5.91 Å². The quantitative estimate of drug-likeness (QED) is 0.149. The summed E-state index contributed by atoms with van der Waals surface area (Å²) in [4.78, 5) is 17.8. The predicted octanol–water partition coefficient (Wildman–Crippen LogP) is 14.2. The van der Waals surface area contributed by atoms with Gasteiger partial charge in [0.2, 0.25) is 22.8 Å². The molecule has 0 radical (unpaired) electrons. The Morgan fingerprint density at radius 1 is 0.296 bits per heavy atom. The van der Waals surface area contributed by atoms with Crippen molar-refractivity contribution in [3.05, 3.63) is 263 Å². The Hall–Kier alpha value is -11.0. The molecule has 8 heteroatoms. The molecule has 0 saturated carbocycles. The van der Waals surface area contributed by atoms with E-state index in [1.54, 1.807) is 0 Å². The van der Waals surface area contributed by atoms with Crippen molar-refractivity contribution in [2.24, 2.45) is 0 Å². The van der Waals surface area contributed by atoms with Gasteiger partial charge in [-0.25, -0.2) is 9.97 Å². The highest BCUT2D eigenvalue weighted by Crippen LogP contribution is 2.54. The largest absolute Gasteiger partial charge is 0.553 e. The van der Waals surface area contributed by atoms with E-state index in [0.717, 1.165) is 88.6 Å². The number of rotatable bonds is 0. The summed E-state index contributed by atoms with van der Waals surface area (Å²) in [7, 11) is 0. The summed E-state index contributed by atoms with van der Waals surface area (Å²) in [6.45, 7) is 0. The predicted molar refractivity (Wildman–Crippen MR) is 328 cm³/mol. The monoisotopic (exact) mass is 1030 g/mol. The standard InChI is InChI=1S/C37H20N4.C36H22N4/c1-2-10-22-21(9-1)29-17-31-23-11-3-4-12-24(23)33-19-35-27-15-7-8-16-28(27)36-20-34-26-14-6-5-13-25(26)32-18-30(22)38(29)37(39(31)33,40(32)34)41(35)36;1-2-10-22-21(9-1)29-17-31-23-11-3-4-12-24(23)33(38-31)19-35-27-15-7-8-16-28(27)36(40-35)20-34-26-14-6-5-13-25(26)32(39-34)18-30(22)37-29/h1-20H;1-20,37,40H/q+2;. The summed E-state index contributed by atoms with van der Waals surface area (Å²) in [6, 6.07) is 78.5. The fraction of sp³-hybridized carbons (Fsp3) is 0.0137. The van der Waals surface area contributed by atoms with E-state index >= 15 is 0 Å². The van der Waals surface area contributed by atoms with Crippen molar-refractivity contribution >= 4 is 112 Å². The molecule has 372 valence electrons. The zero-order chi connectivity index (χ0) is 52.4. The fourth-order valence-electron chi connectivity index (χ4n) is 15.0. The van der Waals surface area contributed by atoms with Crippen LogP contribution in [0.25, 0.3) is 146 Å². The molecule has 0 amide bonds. The van der Waals surface area contributed by atoms with Gasteiger partial charge in [-0.1, -0.05) is 179 Å². The summed E-state index contributed by atoms with van der Waals surface area (Å²) >= 11 is 0. The number of fused-ring (bicyclic) bond motifs is 32. The van der Waals surface area contributed by atoms with Crippen LogP contribution in [-0.4, -0.2) is 49.6 Å². The van der Waals surface area contributed by atoms with Crippen LogP contribution in [0.5, 0.6) is 0 Å². The van der Waals surface area contributed by atoms with E-state index in [2.05, 4.69) is 271 Å². The SMILES string of the molecule is C1=C2c3ccccc3C3=[N+]2C24n5c1c1ccccc1c5C=C1c5ccccc5C(=[N+]12)C=c1c2ccccc2c(n14)=C3.c1ccc2c(c1)-c1cc3[nH]c(cc4nc(cc5[nH]c(cc-2n1)c1ccccc51)-c1ccccc1-4)c1ccccc31. The molecule has 13 aromatic rings.